The number of amides is 2. The number of nitrogen functional groups attached to an aromatic ring is 1. The Morgan fingerprint density at radius 3 is 2.55 bits per heavy atom. The van der Waals surface area contributed by atoms with Gasteiger partial charge in [-0.05, 0) is 30.7 Å². The summed E-state index contributed by atoms with van der Waals surface area (Å²) in [7, 11) is 1.64. The van der Waals surface area contributed by atoms with Gasteiger partial charge >= 0.3 is 0 Å². The highest BCUT2D eigenvalue weighted by atomic mass is 16.5. The summed E-state index contributed by atoms with van der Waals surface area (Å²) < 4.78 is 5.55. The van der Waals surface area contributed by atoms with Crippen molar-refractivity contribution >= 4 is 17.5 Å². The maximum Gasteiger partial charge on any atom is 0.242 e. The number of carbonyl (C=O) groups excluding carboxylic acids is 2. The highest BCUT2D eigenvalue weighted by Crippen LogP contribution is 2.13. The summed E-state index contributed by atoms with van der Waals surface area (Å²) in [5, 5.41) is 0. The molecule has 0 unspecified atom stereocenters. The molecular weight excluding hydrogens is 258 g/mol. The fourth-order valence-electron chi connectivity index (χ4n) is 1.98. The Kier molecular flexibility index (Phi) is 4.45. The van der Waals surface area contributed by atoms with Crippen LogP contribution in [0, 0.1) is 0 Å². The average molecular weight is 277 g/mol. The number of likely N-dealkylation sites (N-methyl/N-ethyl adjacent to an activating group) is 1. The van der Waals surface area contributed by atoms with Gasteiger partial charge in [-0.3, -0.25) is 9.59 Å². The zero-order chi connectivity index (χ0) is 14.5. The Bertz CT molecular complexity index is 487. The zero-order valence-corrected chi connectivity index (χ0v) is 11.5. The van der Waals surface area contributed by atoms with E-state index in [9.17, 15) is 9.59 Å². The van der Waals surface area contributed by atoms with Gasteiger partial charge in [-0.1, -0.05) is 0 Å². The predicted octanol–water partition coefficient (Wildman–Crippen LogP) is 0.338. The van der Waals surface area contributed by atoms with Gasteiger partial charge in [0.25, 0.3) is 0 Å². The van der Waals surface area contributed by atoms with Gasteiger partial charge in [0.2, 0.25) is 11.8 Å². The number of benzene rings is 1. The second-order valence-corrected chi connectivity index (χ2v) is 4.84. The number of nitrogens with zero attached hydrogens (tertiary/aromatic N) is 2. The topological polar surface area (TPSA) is 75.9 Å². The largest absolute Gasteiger partial charge is 0.494 e. The summed E-state index contributed by atoms with van der Waals surface area (Å²) in [5.41, 5.74) is 6.28. The van der Waals surface area contributed by atoms with Crippen LogP contribution in [0.5, 0.6) is 5.75 Å². The third-order valence-corrected chi connectivity index (χ3v) is 3.20. The first-order valence-corrected chi connectivity index (χ1v) is 6.56. The quantitative estimate of drug-likeness (QED) is 0.622. The maximum atomic E-state index is 11.7. The molecule has 2 N–H and O–H groups in total. The van der Waals surface area contributed by atoms with Crippen molar-refractivity contribution in [2.45, 2.75) is 6.42 Å². The number of hydrogen-bond acceptors (Lipinski definition) is 4. The normalized spacial score (nSPS) is 15.7. The fraction of sp³-hybridized carbons (Fsp3) is 0.429. The summed E-state index contributed by atoms with van der Waals surface area (Å²) >= 11 is 0. The molecular formula is C14H19N3O3. The number of ether oxygens (including phenoxy) is 1. The molecule has 20 heavy (non-hydrogen) atoms. The number of rotatable bonds is 5. The van der Waals surface area contributed by atoms with Crippen LogP contribution in [0.3, 0.4) is 0 Å². The average Bonchev–Trinajstić information content (AvgIpc) is 2.42. The minimum absolute atomic E-state index is 0.0143. The molecule has 0 saturated carbocycles. The van der Waals surface area contributed by atoms with Gasteiger partial charge in [0.1, 0.15) is 5.75 Å². The molecule has 0 bridgehead atoms. The standard InChI is InChI=1S/C14H19N3O3/c1-16-9-14(19)17(10-13(16)18)7-2-8-20-12-5-3-11(15)4-6-12/h3-6H,2,7-10,15H2,1H3. The first-order chi connectivity index (χ1) is 9.56. The first-order valence-electron chi connectivity index (χ1n) is 6.56. The fourth-order valence-corrected chi connectivity index (χ4v) is 1.98. The SMILES string of the molecule is CN1CC(=O)N(CCCOc2ccc(N)cc2)CC1=O. The van der Waals surface area contributed by atoms with Crippen molar-refractivity contribution in [1.82, 2.24) is 9.80 Å². The van der Waals surface area contributed by atoms with Crippen LogP contribution in [0.2, 0.25) is 0 Å². The molecule has 0 aromatic heterocycles. The molecule has 0 atom stereocenters. The number of nitrogens with two attached hydrogens (primary N) is 1. The molecule has 1 saturated heterocycles. The van der Waals surface area contributed by atoms with E-state index in [2.05, 4.69) is 0 Å². The monoisotopic (exact) mass is 277 g/mol. The third kappa shape index (κ3) is 3.63. The molecule has 1 aromatic rings. The van der Waals surface area contributed by atoms with E-state index in [1.807, 2.05) is 0 Å². The maximum absolute atomic E-state index is 11.7. The lowest BCUT2D eigenvalue weighted by atomic mass is 10.3. The van der Waals surface area contributed by atoms with Crippen molar-refractivity contribution in [1.29, 1.82) is 0 Å². The van der Waals surface area contributed by atoms with E-state index in [0.29, 0.717) is 25.3 Å². The van der Waals surface area contributed by atoms with Gasteiger partial charge < -0.3 is 20.3 Å². The van der Waals surface area contributed by atoms with E-state index in [4.69, 9.17) is 10.5 Å². The minimum Gasteiger partial charge on any atom is -0.494 e. The van der Waals surface area contributed by atoms with Crippen molar-refractivity contribution < 1.29 is 14.3 Å². The van der Waals surface area contributed by atoms with Gasteiger partial charge in [0, 0.05) is 19.3 Å². The Hall–Kier alpha value is -2.24. The number of anilines is 1. The van der Waals surface area contributed by atoms with Gasteiger partial charge in [0.05, 0.1) is 19.7 Å². The lowest BCUT2D eigenvalue weighted by molar-refractivity contribution is -0.148. The number of hydrogen-bond donors (Lipinski definition) is 1. The van der Waals surface area contributed by atoms with Crippen LogP contribution in [-0.2, 0) is 9.59 Å². The predicted molar refractivity (Wildman–Crippen MR) is 75.2 cm³/mol. The lowest BCUT2D eigenvalue weighted by Gasteiger charge is -2.31. The van der Waals surface area contributed by atoms with E-state index >= 15 is 0 Å². The van der Waals surface area contributed by atoms with Crippen LogP contribution in [0.15, 0.2) is 24.3 Å². The van der Waals surface area contributed by atoms with E-state index < -0.39 is 0 Å². The van der Waals surface area contributed by atoms with Crippen LogP contribution in [0.4, 0.5) is 5.69 Å². The van der Waals surface area contributed by atoms with Crippen LogP contribution in [0.25, 0.3) is 0 Å². The molecule has 1 aliphatic heterocycles. The molecule has 0 spiro atoms. The van der Waals surface area contributed by atoms with Crippen molar-refractivity contribution in [3.05, 3.63) is 24.3 Å². The summed E-state index contributed by atoms with van der Waals surface area (Å²) in [6.45, 7) is 1.36. The molecule has 1 aromatic carbocycles. The lowest BCUT2D eigenvalue weighted by Crippen LogP contribution is -2.52. The molecule has 0 radical (unpaired) electrons. The number of carbonyl (C=O) groups is 2. The summed E-state index contributed by atoms with van der Waals surface area (Å²) in [5.74, 6) is 0.712. The van der Waals surface area contributed by atoms with Crippen LogP contribution < -0.4 is 10.5 Å². The van der Waals surface area contributed by atoms with Gasteiger partial charge in [0.15, 0.2) is 0 Å². The van der Waals surface area contributed by atoms with E-state index in [1.54, 1.807) is 36.2 Å². The highest BCUT2D eigenvalue weighted by Gasteiger charge is 2.26. The van der Waals surface area contributed by atoms with Crippen molar-refractivity contribution in [3.63, 3.8) is 0 Å². The van der Waals surface area contributed by atoms with E-state index in [-0.39, 0.29) is 24.9 Å². The Morgan fingerprint density at radius 1 is 1.15 bits per heavy atom. The van der Waals surface area contributed by atoms with Crippen LogP contribution in [0.1, 0.15) is 6.42 Å². The van der Waals surface area contributed by atoms with Crippen molar-refractivity contribution in [2.75, 3.05) is 39.0 Å². The smallest absolute Gasteiger partial charge is 0.242 e. The molecule has 1 heterocycles. The van der Waals surface area contributed by atoms with Crippen LogP contribution in [-0.4, -0.2) is 54.9 Å². The summed E-state index contributed by atoms with van der Waals surface area (Å²) in [6, 6.07) is 7.16. The second kappa shape index (κ2) is 6.27. The second-order valence-electron chi connectivity index (χ2n) is 4.84. The molecule has 2 rings (SSSR count). The molecule has 6 heteroatoms. The molecule has 0 aliphatic carbocycles. The van der Waals surface area contributed by atoms with Gasteiger partial charge in [-0.2, -0.15) is 0 Å². The molecule has 108 valence electrons. The van der Waals surface area contributed by atoms with Gasteiger partial charge in [-0.15, -0.1) is 0 Å². The summed E-state index contributed by atoms with van der Waals surface area (Å²) in [6.07, 6.45) is 0.688. The number of piperazine rings is 1. The minimum atomic E-state index is -0.0240. The molecule has 6 nitrogen and oxygen atoms in total. The van der Waals surface area contributed by atoms with E-state index in [1.165, 1.54) is 4.90 Å². The highest BCUT2D eigenvalue weighted by molar-refractivity contribution is 5.92. The summed E-state index contributed by atoms with van der Waals surface area (Å²) in [4.78, 5) is 26.3. The zero-order valence-electron chi connectivity index (χ0n) is 11.5. The van der Waals surface area contributed by atoms with Crippen molar-refractivity contribution in [2.24, 2.45) is 0 Å². The van der Waals surface area contributed by atoms with Gasteiger partial charge in [-0.25, -0.2) is 0 Å². The Morgan fingerprint density at radius 2 is 1.85 bits per heavy atom. The first kappa shape index (κ1) is 14.2. The van der Waals surface area contributed by atoms with Crippen LogP contribution >= 0.6 is 0 Å². The van der Waals surface area contributed by atoms with Crippen molar-refractivity contribution in [3.8, 4) is 5.75 Å². The Labute approximate surface area is 118 Å². The molecule has 1 aliphatic rings. The molecule has 1 fully saturated rings. The molecule has 2 amide bonds. The van der Waals surface area contributed by atoms with E-state index in [0.717, 1.165) is 5.75 Å². The third-order valence-electron chi connectivity index (χ3n) is 3.20. The Balaban J connectivity index is 1.72.